The molecule has 3 aromatic rings. The van der Waals surface area contributed by atoms with Gasteiger partial charge >= 0.3 is 0 Å². The van der Waals surface area contributed by atoms with Crippen molar-refractivity contribution in [1.82, 2.24) is 4.98 Å². The highest BCUT2D eigenvalue weighted by atomic mass is 32.1. The molecule has 0 saturated heterocycles. The van der Waals surface area contributed by atoms with E-state index in [0.29, 0.717) is 40.2 Å². The molecule has 1 aromatic carbocycles. The molecule has 0 spiro atoms. The molecule has 144 valence electrons. The summed E-state index contributed by atoms with van der Waals surface area (Å²) in [5.74, 6) is 0.668. The molecule has 8 heteroatoms. The average molecular weight is 397 g/mol. The molecule has 0 bridgehead atoms. The number of carbonyl (C=O) groups excluding carboxylic acids is 2. The molecule has 28 heavy (non-hydrogen) atoms. The quantitative estimate of drug-likeness (QED) is 0.560. The number of nitrogens with one attached hydrogen (secondary N) is 2. The smallest absolute Gasteiger partial charge is 0.260 e. The Morgan fingerprint density at radius 3 is 2.93 bits per heavy atom. The number of amides is 2. The van der Waals surface area contributed by atoms with Crippen molar-refractivity contribution in [3.05, 3.63) is 71.6 Å². The van der Waals surface area contributed by atoms with Gasteiger partial charge in [0, 0.05) is 17.1 Å². The van der Waals surface area contributed by atoms with Crippen molar-refractivity contribution < 1.29 is 18.7 Å². The van der Waals surface area contributed by atoms with Gasteiger partial charge in [-0.1, -0.05) is 18.7 Å². The normalized spacial score (nSPS) is 10.3. The molecule has 2 heterocycles. The second-order valence-electron chi connectivity index (χ2n) is 5.84. The van der Waals surface area contributed by atoms with Crippen LogP contribution >= 0.6 is 11.3 Å². The maximum absolute atomic E-state index is 12.3. The van der Waals surface area contributed by atoms with E-state index in [9.17, 15) is 9.59 Å². The minimum absolute atomic E-state index is 0.0921. The SMILES string of the molecule is C=CCOc1cccc(NC(=O)Cc2csc(NC(=O)c3ccoc3C)n2)c1. The van der Waals surface area contributed by atoms with Gasteiger partial charge in [0.25, 0.3) is 5.91 Å². The Bertz CT molecular complexity index is 993. The largest absolute Gasteiger partial charge is 0.489 e. The molecule has 0 atom stereocenters. The molecule has 3 rings (SSSR count). The lowest BCUT2D eigenvalue weighted by Crippen LogP contribution is -2.15. The van der Waals surface area contributed by atoms with Gasteiger partial charge in [-0.3, -0.25) is 14.9 Å². The van der Waals surface area contributed by atoms with Crippen molar-refractivity contribution >= 4 is 34.0 Å². The molecule has 2 N–H and O–H groups in total. The van der Waals surface area contributed by atoms with E-state index in [1.807, 2.05) is 0 Å². The topological polar surface area (TPSA) is 93.5 Å². The zero-order chi connectivity index (χ0) is 19.9. The van der Waals surface area contributed by atoms with Crippen LogP contribution in [0.3, 0.4) is 0 Å². The number of benzene rings is 1. The molecule has 2 amide bonds. The summed E-state index contributed by atoms with van der Waals surface area (Å²) in [6.07, 6.45) is 3.20. The second kappa shape index (κ2) is 9.01. The number of hydrogen-bond donors (Lipinski definition) is 2. The minimum atomic E-state index is -0.298. The third-order valence-electron chi connectivity index (χ3n) is 3.70. The van der Waals surface area contributed by atoms with E-state index in [1.54, 1.807) is 48.7 Å². The van der Waals surface area contributed by atoms with E-state index in [-0.39, 0.29) is 18.2 Å². The lowest BCUT2D eigenvalue weighted by Gasteiger charge is -2.07. The standard InChI is InChI=1S/C20H19N3O4S/c1-3-8-27-16-6-4-5-14(10-16)21-18(24)11-15-12-28-20(22-15)23-19(25)17-7-9-26-13(17)2/h3-7,9-10,12H,1,8,11H2,2H3,(H,21,24)(H,22,23,25). The number of nitrogens with zero attached hydrogens (tertiary/aromatic N) is 1. The van der Waals surface area contributed by atoms with E-state index < -0.39 is 0 Å². The fourth-order valence-corrected chi connectivity index (χ4v) is 3.12. The fraction of sp³-hybridized carbons (Fsp3) is 0.150. The first kappa shape index (κ1) is 19.4. The molecule has 2 aromatic heterocycles. The van der Waals surface area contributed by atoms with E-state index in [0.717, 1.165) is 0 Å². The third-order valence-corrected chi connectivity index (χ3v) is 4.51. The number of ether oxygens (including phenoxy) is 1. The lowest BCUT2D eigenvalue weighted by atomic mass is 10.2. The van der Waals surface area contributed by atoms with E-state index >= 15 is 0 Å². The van der Waals surface area contributed by atoms with Crippen LogP contribution in [0.5, 0.6) is 5.75 Å². The Kier molecular flexibility index (Phi) is 6.23. The Hall–Kier alpha value is -3.39. The van der Waals surface area contributed by atoms with Crippen LogP contribution in [0, 0.1) is 6.92 Å². The van der Waals surface area contributed by atoms with Crippen molar-refractivity contribution in [1.29, 1.82) is 0 Å². The van der Waals surface area contributed by atoms with E-state index in [2.05, 4.69) is 22.2 Å². The number of aryl methyl sites for hydroxylation is 1. The van der Waals surface area contributed by atoms with Gasteiger partial charge in [0.1, 0.15) is 18.1 Å². The number of thiazole rings is 1. The number of rotatable bonds is 8. The van der Waals surface area contributed by atoms with Crippen LogP contribution in [0.25, 0.3) is 0 Å². The summed E-state index contributed by atoms with van der Waals surface area (Å²) < 4.78 is 10.6. The van der Waals surface area contributed by atoms with Crippen LogP contribution in [0.15, 0.2) is 59.0 Å². The average Bonchev–Trinajstić information content (AvgIpc) is 3.29. The molecule has 0 saturated carbocycles. The highest BCUT2D eigenvalue weighted by molar-refractivity contribution is 7.14. The molecule has 0 unspecified atom stereocenters. The van der Waals surface area contributed by atoms with Crippen LogP contribution < -0.4 is 15.4 Å². The van der Waals surface area contributed by atoms with Gasteiger partial charge in [-0.2, -0.15) is 0 Å². The number of aromatic nitrogens is 1. The van der Waals surface area contributed by atoms with Gasteiger partial charge in [0.15, 0.2) is 5.13 Å². The number of anilines is 2. The summed E-state index contributed by atoms with van der Waals surface area (Å²) in [5, 5.41) is 7.68. The summed E-state index contributed by atoms with van der Waals surface area (Å²) >= 11 is 1.26. The first-order valence-electron chi connectivity index (χ1n) is 8.48. The molecular weight excluding hydrogens is 378 g/mol. The number of carbonyl (C=O) groups is 2. The molecular formula is C20H19N3O4S. The molecule has 0 aliphatic carbocycles. The maximum Gasteiger partial charge on any atom is 0.260 e. The zero-order valence-corrected chi connectivity index (χ0v) is 16.0. The first-order valence-corrected chi connectivity index (χ1v) is 9.36. The van der Waals surface area contributed by atoms with Gasteiger partial charge in [-0.05, 0) is 25.1 Å². The summed E-state index contributed by atoms with van der Waals surface area (Å²) in [7, 11) is 0. The first-order chi connectivity index (χ1) is 13.5. The van der Waals surface area contributed by atoms with Crippen molar-refractivity contribution in [3.8, 4) is 5.75 Å². The number of furan rings is 1. The maximum atomic E-state index is 12.3. The summed E-state index contributed by atoms with van der Waals surface area (Å²) in [5.41, 5.74) is 1.65. The van der Waals surface area contributed by atoms with Crippen LogP contribution in [0.2, 0.25) is 0 Å². The summed E-state index contributed by atoms with van der Waals surface area (Å²) in [6, 6.07) is 8.71. The van der Waals surface area contributed by atoms with Crippen molar-refractivity contribution in [3.63, 3.8) is 0 Å². The van der Waals surface area contributed by atoms with Crippen molar-refractivity contribution in [2.75, 3.05) is 17.2 Å². The van der Waals surface area contributed by atoms with Crippen LogP contribution in [0.4, 0.5) is 10.8 Å². The Balaban J connectivity index is 1.56. The van der Waals surface area contributed by atoms with Crippen LogP contribution in [-0.2, 0) is 11.2 Å². The van der Waals surface area contributed by atoms with Gasteiger partial charge in [-0.25, -0.2) is 4.98 Å². The molecule has 0 aliphatic heterocycles. The monoisotopic (exact) mass is 397 g/mol. The van der Waals surface area contributed by atoms with E-state index in [1.165, 1.54) is 17.6 Å². The summed E-state index contributed by atoms with van der Waals surface area (Å²) in [4.78, 5) is 28.7. The van der Waals surface area contributed by atoms with Gasteiger partial charge < -0.3 is 14.5 Å². The van der Waals surface area contributed by atoms with Gasteiger partial charge in [0.2, 0.25) is 5.91 Å². The fourth-order valence-electron chi connectivity index (χ4n) is 2.42. The molecule has 0 radical (unpaired) electrons. The predicted molar refractivity (Wildman–Crippen MR) is 108 cm³/mol. The molecule has 7 nitrogen and oxygen atoms in total. The highest BCUT2D eigenvalue weighted by Crippen LogP contribution is 2.20. The molecule has 0 aliphatic rings. The lowest BCUT2D eigenvalue weighted by molar-refractivity contribution is -0.115. The predicted octanol–water partition coefficient (Wildman–Crippen LogP) is 4.04. The highest BCUT2D eigenvalue weighted by Gasteiger charge is 2.14. The van der Waals surface area contributed by atoms with Crippen LogP contribution in [-0.4, -0.2) is 23.4 Å². The third kappa shape index (κ3) is 5.08. The zero-order valence-electron chi connectivity index (χ0n) is 15.2. The van der Waals surface area contributed by atoms with Crippen LogP contribution in [0.1, 0.15) is 21.8 Å². The van der Waals surface area contributed by atoms with E-state index in [4.69, 9.17) is 9.15 Å². The molecule has 0 fully saturated rings. The van der Waals surface area contributed by atoms with Gasteiger partial charge in [-0.15, -0.1) is 11.3 Å². The van der Waals surface area contributed by atoms with Gasteiger partial charge in [0.05, 0.1) is 23.9 Å². The minimum Gasteiger partial charge on any atom is -0.489 e. The Morgan fingerprint density at radius 1 is 1.32 bits per heavy atom. The summed E-state index contributed by atoms with van der Waals surface area (Å²) in [6.45, 7) is 5.70. The Morgan fingerprint density at radius 2 is 2.18 bits per heavy atom. The second-order valence-corrected chi connectivity index (χ2v) is 6.70. The van der Waals surface area contributed by atoms with Crippen molar-refractivity contribution in [2.45, 2.75) is 13.3 Å². The van der Waals surface area contributed by atoms with Crippen molar-refractivity contribution in [2.24, 2.45) is 0 Å². The Labute approximate surface area is 166 Å². The number of hydrogen-bond acceptors (Lipinski definition) is 6.